The third kappa shape index (κ3) is 8.76. The molecule has 6 rings (SSSR count). The predicted octanol–water partition coefficient (Wildman–Crippen LogP) is 5.66. The van der Waals surface area contributed by atoms with Crippen molar-refractivity contribution in [3.8, 4) is 11.7 Å². The Kier molecular flexibility index (Phi) is 10.3. The number of halogens is 4. The van der Waals surface area contributed by atoms with E-state index in [-0.39, 0.29) is 65.7 Å². The molecule has 1 aliphatic carbocycles. The molecule has 0 spiro atoms. The molecular weight excluding hydrogens is 711 g/mol. The van der Waals surface area contributed by atoms with Crippen LogP contribution >= 0.6 is 11.6 Å². The molecule has 1 unspecified atom stereocenters. The minimum absolute atomic E-state index is 0.0753. The molecule has 2 aliphatic rings. The molecule has 3 N–H and O–H groups in total. The van der Waals surface area contributed by atoms with Gasteiger partial charge in [-0.3, -0.25) is 4.79 Å². The van der Waals surface area contributed by atoms with Gasteiger partial charge in [-0.25, -0.2) is 29.3 Å². The molecule has 1 amide bonds. The summed E-state index contributed by atoms with van der Waals surface area (Å²) in [4.78, 5) is 29.8. The molecule has 18 heteroatoms. The van der Waals surface area contributed by atoms with Crippen LogP contribution < -0.4 is 20.1 Å². The van der Waals surface area contributed by atoms with Crippen LogP contribution in [0.25, 0.3) is 5.82 Å². The molecule has 1 aliphatic heterocycles. The van der Waals surface area contributed by atoms with Crippen molar-refractivity contribution in [2.75, 3.05) is 18.5 Å². The highest BCUT2D eigenvalue weighted by Crippen LogP contribution is 2.59. The largest absolute Gasteiger partial charge is 0.477 e. The molecule has 4 aromatic rings. The van der Waals surface area contributed by atoms with Crippen LogP contribution in [-0.2, 0) is 10.0 Å². The maximum Gasteiger partial charge on any atom is 0.394 e. The number of nitrogens with one attached hydrogen (secondary N) is 3. The Labute approximate surface area is 297 Å². The molecule has 51 heavy (non-hydrogen) atoms. The minimum atomic E-state index is -4.44. The second kappa shape index (κ2) is 14.3. The molecule has 272 valence electrons. The Hall–Kier alpha value is -4.35. The summed E-state index contributed by atoms with van der Waals surface area (Å²) in [7, 11) is -4.44. The minimum Gasteiger partial charge on any atom is -0.477 e. The van der Waals surface area contributed by atoms with E-state index >= 15 is 0 Å². The Morgan fingerprint density at radius 2 is 1.90 bits per heavy atom. The lowest BCUT2D eigenvalue weighted by Gasteiger charge is -2.22. The number of carbonyl (C=O) groups excluding carboxylic acids is 1. The van der Waals surface area contributed by atoms with Crippen molar-refractivity contribution < 1.29 is 31.1 Å². The first-order valence-corrected chi connectivity index (χ1v) is 18.2. The van der Waals surface area contributed by atoms with E-state index in [0.717, 1.165) is 31.4 Å². The van der Waals surface area contributed by atoms with Crippen molar-refractivity contribution in [2.24, 2.45) is 11.3 Å². The molecule has 1 saturated heterocycles. The SMILES string of the molecule is CC1(C)C[C@H](CCC(Nc2cccc(S(=O)(=O)NC(=O)c3ccc(-n4ccc(OCCC5(C(F)(F)F)CC5)n4)nc3Cl)n2)c2cncnc2)CN1. The number of ether oxygens (including phenoxy) is 1. The fourth-order valence-electron chi connectivity index (χ4n) is 6.17. The summed E-state index contributed by atoms with van der Waals surface area (Å²) in [5.74, 6) is -0.0286. The van der Waals surface area contributed by atoms with E-state index in [1.165, 1.54) is 47.5 Å². The van der Waals surface area contributed by atoms with Crippen LogP contribution in [0.5, 0.6) is 5.88 Å². The number of rotatable bonds is 14. The predicted molar refractivity (Wildman–Crippen MR) is 181 cm³/mol. The van der Waals surface area contributed by atoms with Gasteiger partial charge in [0.2, 0.25) is 5.88 Å². The fourth-order valence-corrected chi connectivity index (χ4v) is 7.34. The summed E-state index contributed by atoms with van der Waals surface area (Å²) in [5.41, 5.74) is -1.01. The van der Waals surface area contributed by atoms with Gasteiger partial charge in [-0.1, -0.05) is 17.7 Å². The molecular formula is C33H37ClF3N9O4S. The van der Waals surface area contributed by atoms with Gasteiger partial charge in [0, 0.05) is 35.8 Å². The normalized spacial score (nSPS) is 18.6. The van der Waals surface area contributed by atoms with Crippen molar-refractivity contribution in [2.45, 2.75) is 75.2 Å². The van der Waals surface area contributed by atoms with E-state index in [1.54, 1.807) is 18.5 Å². The lowest BCUT2D eigenvalue weighted by molar-refractivity contribution is -0.190. The Morgan fingerprint density at radius 3 is 2.57 bits per heavy atom. The van der Waals surface area contributed by atoms with E-state index in [1.807, 2.05) is 4.72 Å². The number of nitrogens with zero attached hydrogens (tertiary/aromatic N) is 6. The highest BCUT2D eigenvalue weighted by molar-refractivity contribution is 7.90. The lowest BCUT2D eigenvalue weighted by atomic mass is 9.91. The lowest BCUT2D eigenvalue weighted by Crippen LogP contribution is -2.31. The van der Waals surface area contributed by atoms with Crippen molar-refractivity contribution in [1.82, 2.24) is 39.8 Å². The summed E-state index contributed by atoms with van der Waals surface area (Å²) in [6.07, 6.45) is 4.71. The number of alkyl halides is 3. The number of aromatic nitrogens is 6. The standard InChI is InChI=1S/C33H37ClF3N9O4S/c1-31(2)16-21(17-40-31)6-8-24(22-18-38-20-39-19-22)41-25-4-3-5-28(42-25)51(48,49)45-30(47)23-7-9-26(43-29(23)34)46-14-10-27(44-46)50-15-13-32(11-12-32)33(35,36)37/h3-5,7,9-10,14,18-21,24,40H,6,8,11-13,15-17H2,1-2H3,(H,41,42)(H,45,47)/t21-,24?/m0/s1. The Morgan fingerprint density at radius 1 is 1.14 bits per heavy atom. The van der Waals surface area contributed by atoms with Gasteiger partial charge >= 0.3 is 6.18 Å². The third-order valence-corrected chi connectivity index (χ3v) is 10.7. The number of hydrogen-bond acceptors (Lipinski definition) is 11. The summed E-state index contributed by atoms with van der Waals surface area (Å²) in [6, 6.07) is 8.27. The second-order valence-electron chi connectivity index (χ2n) is 13.6. The highest BCUT2D eigenvalue weighted by atomic mass is 35.5. The van der Waals surface area contributed by atoms with Gasteiger partial charge in [-0.15, -0.1) is 5.10 Å². The van der Waals surface area contributed by atoms with Gasteiger partial charge in [0.15, 0.2) is 10.8 Å². The quantitative estimate of drug-likeness (QED) is 0.136. The molecule has 0 radical (unpaired) electrons. The molecule has 0 bridgehead atoms. The zero-order valence-electron chi connectivity index (χ0n) is 27.8. The van der Waals surface area contributed by atoms with Crippen LogP contribution in [0.2, 0.25) is 5.15 Å². The number of pyridine rings is 2. The molecule has 0 aromatic carbocycles. The molecule has 13 nitrogen and oxygen atoms in total. The van der Waals surface area contributed by atoms with Crippen molar-refractivity contribution in [1.29, 1.82) is 0 Å². The van der Waals surface area contributed by atoms with E-state index < -0.39 is 32.5 Å². The van der Waals surface area contributed by atoms with Crippen molar-refractivity contribution in [3.05, 3.63) is 77.6 Å². The van der Waals surface area contributed by atoms with Gasteiger partial charge in [0.1, 0.15) is 17.3 Å². The summed E-state index contributed by atoms with van der Waals surface area (Å²) < 4.78 is 74.8. The third-order valence-electron chi connectivity index (χ3n) is 9.23. The average Bonchev–Trinajstić information content (AvgIpc) is 3.60. The topological polar surface area (TPSA) is 166 Å². The van der Waals surface area contributed by atoms with Crippen LogP contribution in [0, 0.1) is 11.3 Å². The second-order valence-corrected chi connectivity index (χ2v) is 15.5. The zero-order valence-corrected chi connectivity index (χ0v) is 29.4. The van der Waals surface area contributed by atoms with E-state index in [9.17, 15) is 26.4 Å². The fraction of sp³-hybridized carbons (Fsp3) is 0.455. The van der Waals surface area contributed by atoms with Gasteiger partial charge in [0.05, 0.1) is 23.6 Å². The van der Waals surface area contributed by atoms with Crippen LogP contribution in [0.15, 0.2) is 66.3 Å². The smallest absolute Gasteiger partial charge is 0.394 e. The molecule has 4 aromatic heterocycles. The Bertz CT molecular complexity index is 1980. The van der Waals surface area contributed by atoms with E-state index in [4.69, 9.17) is 16.3 Å². The van der Waals surface area contributed by atoms with Crippen molar-refractivity contribution in [3.63, 3.8) is 0 Å². The van der Waals surface area contributed by atoms with Crippen LogP contribution in [0.3, 0.4) is 0 Å². The maximum atomic E-state index is 13.3. The number of carbonyl (C=O) groups is 1. The molecule has 5 heterocycles. The summed E-state index contributed by atoms with van der Waals surface area (Å²) >= 11 is 6.29. The first-order chi connectivity index (χ1) is 24.1. The monoisotopic (exact) mass is 747 g/mol. The van der Waals surface area contributed by atoms with E-state index in [0.29, 0.717) is 5.92 Å². The molecule has 1 saturated carbocycles. The summed E-state index contributed by atoms with van der Waals surface area (Å²) in [6.45, 7) is 5.10. The van der Waals surface area contributed by atoms with Gasteiger partial charge < -0.3 is 15.4 Å². The maximum absolute atomic E-state index is 13.3. The average molecular weight is 748 g/mol. The Balaban J connectivity index is 1.09. The van der Waals surface area contributed by atoms with Gasteiger partial charge in [-0.05, 0) is 89.1 Å². The molecule has 2 fully saturated rings. The summed E-state index contributed by atoms with van der Waals surface area (Å²) in [5, 5.41) is 10.3. The first-order valence-electron chi connectivity index (χ1n) is 16.4. The van der Waals surface area contributed by atoms with Crippen LogP contribution in [0.4, 0.5) is 19.0 Å². The number of anilines is 1. The first kappa shape index (κ1) is 36.4. The number of sulfonamides is 1. The van der Waals surface area contributed by atoms with Crippen LogP contribution in [-0.4, -0.2) is 68.9 Å². The van der Waals surface area contributed by atoms with Gasteiger partial charge in [0.25, 0.3) is 15.9 Å². The van der Waals surface area contributed by atoms with Crippen molar-refractivity contribution >= 4 is 33.3 Å². The number of hydrogen-bond donors (Lipinski definition) is 3. The van der Waals surface area contributed by atoms with Gasteiger partial charge in [-0.2, -0.15) is 21.6 Å². The van der Waals surface area contributed by atoms with E-state index in [2.05, 4.69) is 49.5 Å². The van der Waals surface area contributed by atoms with Crippen LogP contribution in [0.1, 0.15) is 74.3 Å². The molecule has 2 atom stereocenters. The number of amides is 1. The highest BCUT2D eigenvalue weighted by Gasteiger charge is 2.62. The zero-order chi connectivity index (χ0) is 36.4.